The molecule has 0 spiro atoms. The molecule has 2 aromatic rings. The molecule has 6 nitrogen and oxygen atoms in total. The van der Waals surface area contributed by atoms with Crippen molar-refractivity contribution in [3.05, 3.63) is 46.8 Å². The Morgan fingerprint density at radius 1 is 1.27 bits per heavy atom. The fourth-order valence-corrected chi connectivity index (χ4v) is 2.01. The lowest BCUT2D eigenvalue weighted by atomic mass is 10.2. The molecule has 2 rings (SSSR count). The number of hydrogen-bond donors (Lipinski definition) is 1. The van der Waals surface area contributed by atoms with Gasteiger partial charge < -0.3 is 14.6 Å². The third-order valence-electron chi connectivity index (χ3n) is 3.18. The first-order valence-corrected chi connectivity index (χ1v) is 6.90. The van der Waals surface area contributed by atoms with Gasteiger partial charge in [0, 0.05) is 5.69 Å². The molecule has 1 aromatic heterocycles. The zero-order valence-electron chi connectivity index (χ0n) is 13.0. The number of nitrogens with one attached hydrogen (secondary N) is 1. The van der Waals surface area contributed by atoms with Gasteiger partial charge >= 0.3 is 5.97 Å². The number of hydrogen-bond acceptors (Lipinski definition) is 5. The van der Waals surface area contributed by atoms with E-state index < -0.39 is 18.0 Å². The maximum atomic E-state index is 12.1. The number of carbonyl (C=O) groups excluding carboxylic acids is 2. The molecule has 0 saturated carbocycles. The van der Waals surface area contributed by atoms with Gasteiger partial charge in [-0.1, -0.05) is 17.3 Å². The number of ether oxygens (including phenoxy) is 1. The van der Waals surface area contributed by atoms with Crippen molar-refractivity contribution < 1.29 is 18.8 Å². The molecule has 1 aromatic carbocycles. The molecule has 0 saturated heterocycles. The molecule has 1 heterocycles. The average molecular weight is 302 g/mol. The van der Waals surface area contributed by atoms with Gasteiger partial charge in [0.05, 0.1) is 5.69 Å². The highest BCUT2D eigenvalue weighted by molar-refractivity contribution is 5.98. The summed E-state index contributed by atoms with van der Waals surface area (Å²) in [6, 6.07) is 7.37. The first kappa shape index (κ1) is 15.8. The quantitative estimate of drug-likeness (QED) is 0.878. The van der Waals surface area contributed by atoms with Crippen molar-refractivity contribution in [2.24, 2.45) is 0 Å². The van der Waals surface area contributed by atoms with E-state index in [9.17, 15) is 9.59 Å². The fourth-order valence-electron chi connectivity index (χ4n) is 2.01. The van der Waals surface area contributed by atoms with Gasteiger partial charge in [-0.2, -0.15) is 0 Å². The number of benzene rings is 1. The summed E-state index contributed by atoms with van der Waals surface area (Å²) in [5.74, 6) is -0.650. The van der Waals surface area contributed by atoms with Crippen LogP contribution in [0.3, 0.4) is 0 Å². The summed E-state index contributed by atoms with van der Waals surface area (Å²) in [7, 11) is 0. The number of amides is 1. The van der Waals surface area contributed by atoms with E-state index in [-0.39, 0.29) is 5.56 Å². The van der Waals surface area contributed by atoms with Crippen molar-refractivity contribution >= 4 is 17.6 Å². The summed E-state index contributed by atoms with van der Waals surface area (Å²) in [5.41, 5.74) is 2.38. The van der Waals surface area contributed by atoms with Gasteiger partial charge in [-0.25, -0.2) is 4.79 Å². The zero-order chi connectivity index (χ0) is 16.3. The van der Waals surface area contributed by atoms with E-state index >= 15 is 0 Å². The van der Waals surface area contributed by atoms with Gasteiger partial charge in [-0.3, -0.25) is 4.79 Å². The Hall–Kier alpha value is -2.63. The maximum absolute atomic E-state index is 12.1. The Labute approximate surface area is 128 Å². The van der Waals surface area contributed by atoms with Crippen LogP contribution in [-0.4, -0.2) is 23.1 Å². The van der Waals surface area contributed by atoms with Crippen molar-refractivity contribution in [3.63, 3.8) is 0 Å². The molecule has 1 atom stereocenters. The zero-order valence-corrected chi connectivity index (χ0v) is 13.0. The van der Waals surface area contributed by atoms with E-state index in [2.05, 4.69) is 10.5 Å². The van der Waals surface area contributed by atoms with Crippen LogP contribution in [0.4, 0.5) is 5.69 Å². The highest BCUT2D eigenvalue weighted by Crippen LogP contribution is 2.15. The molecular formula is C16H18N2O4. The lowest BCUT2D eigenvalue weighted by molar-refractivity contribution is -0.123. The largest absolute Gasteiger partial charge is 0.449 e. The second kappa shape index (κ2) is 6.43. The second-order valence-electron chi connectivity index (χ2n) is 5.11. The molecule has 0 radical (unpaired) electrons. The summed E-state index contributed by atoms with van der Waals surface area (Å²) in [6.45, 7) is 6.70. The summed E-state index contributed by atoms with van der Waals surface area (Å²) in [4.78, 5) is 24.1. The van der Waals surface area contributed by atoms with E-state index in [0.29, 0.717) is 17.1 Å². The van der Waals surface area contributed by atoms with Crippen LogP contribution in [0.5, 0.6) is 0 Å². The minimum Gasteiger partial charge on any atom is -0.449 e. The van der Waals surface area contributed by atoms with E-state index in [1.54, 1.807) is 19.9 Å². The van der Waals surface area contributed by atoms with E-state index in [1.807, 2.05) is 25.1 Å². The molecule has 0 fully saturated rings. The minimum atomic E-state index is -0.929. The van der Waals surface area contributed by atoms with Crippen LogP contribution < -0.4 is 5.32 Å². The van der Waals surface area contributed by atoms with Crippen molar-refractivity contribution in [3.8, 4) is 0 Å². The fraction of sp³-hybridized carbons (Fsp3) is 0.312. The predicted molar refractivity (Wildman–Crippen MR) is 80.7 cm³/mol. The standard InChI is InChI=1S/C16H18N2O4/c1-9-6-5-7-13(8-9)17-15(19)12(4)21-16(20)14-10(2)18-22-11(14)3/h5-8,12H,1-4H3,(H,17,19)/t12-/m0/s1. The van der Waals surface area contributed by atoms with Crippen LogP contribution in [0.2, 0.25) is 0 Å². The third-order valence-corrected chi connectivity index (χ3v) is 3.18. The number of carbonyl (C=O) groups is 2. The van der Waals surface area contributed by atoms with Gasteiger partial charge in [-0.05, 0) is 45.4 Å². The van der Waals surface area contributed by atoms with E-state index in [0.717, 1.165) is 5.56 Å². The molecule has 6 heteroatoms. The highest BCUT2D eigenvalue weighted by Gasteiger charge is 2.24. The molecular weight excluding hydrogens is 284 g/mol. The normalized spacial score (nSPS) is 11.8. The molecule has 1 amide bonds. The van der Waals surface area contributed by atoms with Crippen LogP contribution in [0.15, 0.2) is 28.8 Å². The molecule has 116 valence electrons. The monoisotopic (exact) mass is 302 g/mol. The van der Waals surface area contributed by atoms with Gasteiger partial charge in [0.25, 0.3) is 5.91 Å². The smallest absolute Gasteiger partial charge is 0.344 e. The lowest BCUT2D eigenvalue weighted by Gasteiger charge is -2.13. The molecule has 0 unspecified atom stereocenters. The van der Waals surface area contributed by atoms with Crippen LogP contribution >= 0.6 is 0 Å². The average Bonchev–Trinajstić information content (AvgIpc) is 2.78. The molecule has 0 aliphatic carbocycles. The van der Waals surface area contributed by atoms with Crippen LogP contribution in [0.1, 0.15) is 34.3 Å². The summed E-state index contributed by atoms with van der Waals surface area (Å²) < 4.78 is 10.1. The first-order valence-electron chi connectivity index (χ1n) is 6.90. The van der Waals surface area contributed by atoms with Crippen LogP contribution in [0, 0.1) is 20.8 Å². The predicted octanol–water partition coefficient (Wildman–Crippen LogP) is 2.78. The Morgan fingerprint density at radius 3 is 2.59 bits per heavy atom. The lowest BCUT2D eigenvalue weighted by Crippen LogP contribution is -2.30. The maximum Gasteiger partial charge on any atom is 0.344 e. The Morgan fingerprint density at radius 2 is 2.00 bits per heavy atom. The highest BCUT2D eigenvalue weighted by atomic mass is 16.5. The van der Waals surface area contributed by atoms with Gasteiger partial charge in [0.2, 0.25) is 0 Å². The summed E-state index contributed by atoms with van der Waals surface area (Å²) >= 11 is 0. The van der Waals surface area contributed by atoms with Crippen molar-refractivity contribution in [1.29, 1.82) is 0 Å². The van der Waals surface area contributed by atoms with Gasteiger partial charge in [0.1, 0.15) is 11.3 Å². The van der Waals surface area contributed by atoms with E-state index in [4.69, 9.17) is 9.26 Å². The Balaban J connectivity index is 2.01. The van der Waals surface area contributed by atoms with Crippen molar-refractivity contribution in [2.45, 2.75) is 33.8 Å². The Bertz CT molecular complexity index is 686. The molecule has 22 heavy (non-hydrogen) atoms. The SMILES string of the molecule is Cc1cccc(NC(=O)[C@H](C)OC(=O)c2c(C)noc2C)c1. The second-order valence-corrected chi connectivity index (χ2v) is 5.11. The molecule has 0 aliphatic heterocycles. The first-order chi connectivity index (χ1) is 10.4. The third kappa shape index (κ3) is 3.52. The van der Waals surface area contributed by atoms with E-state index in [1.165, 1.54) is 6.92 Å². The Kier molecular flexibility index (Phi) is 4.60. The topological polar surface area (TPSA) is 81.4 Å². The number of aromatic nitrogens is 1. The number of aryl methyl sites for hydroxylation is 3. The molecule has 1 N–H and O–H groups in total. The number of rotatable bonds is 4. The van der Waals surface area contributed by atoms with Crippen molar-refractivity contribution in [2.75, 3.05) is 5.32 Å². The molecule has 0 bridgehead atoms. The summed E-state index contributed by atoms with van der Waals surface area (Å²) in [5, 5.41) is 6.40. The van der Waals surface area contributed by atoms with Gasteiger partial charge in [0.15, 0.2) is 6.10 Å². The van der Waals surface area contributed by atoms with Crippen molar-refractivity contribution in [1.82, 2.24) is 5.16 Å². The summed E-state index contributed by atoms with van der Waals surface area (Å²) in [6.07, 6.45) is -0.929. The van der Waals surface area contributed by atoms with Crippen LogP contribution in [0.25, 0.3) is 0 Å². The number of esters is 1. The molecule has 0 aliphatic rings. The van der Waals surface area contributed by atoms with Gasteiger partial charge in [-0.15, -0.1) is 0 Å². The minimum absolute atomic E-state index is 0.259. The number of nitrogens with zero attached hydrogens (tertiary/aromatic N) is 1. The van der Waals surface area contributed by atoms with Crippen LogP contribution in [-0.2, 0) is 9.53 Å². The number of anilines is 1.